The zero-order valence-electron chi connectivity index (χ0n) is 6.83. The summed E-state index contributed by atoms with van der Waals surface area (Å²) in [6, 6.07) is 3.21. The average molecular weight is 230 g/mol. The summed E-state index contributed by atoms with van der Waals surface area (Å²) in [5, 5.41) is 9.53. The number of hydrogen-bond acceptors (Lipinski definition) is 4. The van der Waals surface area contributed by atoms with Crippen molar-refractivity contribution < 1.29 is 5.21 Å². The molecule has 6 heteroatoms. The van der Waals surface area contributed by atoms with Crippen molar-refractivity contribution in [2.45, 2.75) is 0 Å². The second kappa shape index (κ2) is 3.57. The molecule has 0 fully saturated rings. The zero-order valence-corrected chi connectivity index (χ0v) is 8.34. The molecular weight excluding hydrogens is 225 g/mol. The normalized spacial score (nSPS) is 10.5. The number of benzene rings is 1. The highest BCUT2D eigenvalue weighted by Crippen LogP contribution is 2.25. The van der Waals surface area contributed by atoms with Crippen LogP contribution in [0.2, 0.25) is 10.0 Å². The molecular formula is C8H5Cl2N3O. The van der Waals surface area contributed by atoms with Gasteiger partial charge in [-0.05, 0) is 12.1 Å². The molecule has 0 bridgehead atoms. The Bertz CT molecular complexity index is 489. The highest BCUT2D eigenvalue weighted by molar-refractivity contribution is 6.38. The van der Waals surface area contributed by atoms with Gasteiger partial charge in [-0.1, -0.05) is 23.2 Å². The lowest BCUT2D eigenvalue weighted by Gasteiger charge is -2.02. The molecule has 4 nitrogen and oxygen atoms in total. The van der Waals surface area contributed by atoms with Crippen molar-refractivity contribution in [1.29, 1.82) is 0 Å². The van der Waals surface area contributed by atoms with Gasteiger partial charge >= 0.3 is 0 Å². The van der Waals surface area contributed by atoms with Crippen LogP contribution in [-0.2, 0) is 0 Å². The summed E-state index contributed by atoms with van der Waals surface area (Å²) in [5.74, 6) is 0.246. The molecule has 1 heterocycles. The minimum Gasteiger partial charge on any atom is -0.290 e. The molecule has 2 aromatic rings. The van der Waals surface area contributed by atoms with E-state index >= 15 is 0 Å². The largest absolute Gasteiger partial charge is 0.290 e. The van der Waals surface area contributed by atoms with Crippen molar-refractivity contribution in [3.05, 3.63) is 28.4 Å². The first-order valence-corrected chi connectivity index (χ1v) is 4.48. The molecule has 2 rings (SSSR count). The molecule has 0 spiro atoms. The van der Waals surface area contributed by atoms with Crippen molar-refractivity contribution in [3.8, 4) is 0 Å². The second-order valence-electron chi connectivity index (χ2n) is 2.62. The number of anilines is 1. The van der Waals surface area contributed by atoms with Gasteiger partial charge in [0.1, 0.15) is 5.52 Å². The van der Waals surface area contributed by atoms with E-state index in [0.717, 1.165) is 0 Å². The molecule has 1 aromatic carbocycles. The van der Waals surface area contributed by atoms with Gasteiger partial charge in [0.2, 0.25) is 0 Å². The highest BCUT2D eigenvalue weighted by atomic mass is 35.5. The van der Waals surface area contributed by atoms with E-state index in [1.807, 2.05) is 5.48 Å². The Morgan fingerprint density at radius 2 is 2.07 bits per heavy atom. The van der Waals surface area contributed by atoms with Crippen LogP contribution < -0.4 is 5.48 Å². The van der Waals surface area contributed by atoms with Gasteiger partial charge in [-0.2, -0.15) is 0 Å². The van der Waals surface area contributed by atoms with Crippen LogP contribution >= 0.6 is 23.2 Å². The molecule has 14 heavy (non-hydrogen) atoms. The summed E-state index contributed by atoms with van der Waals surface area (Å²) in [6.07, 6.45) is 1.38. The minimum atomic E-state index is 0.246. The Labute approximate surface area is 89.5 Å². The first kappa shape index (κ1) is 9.45. The summed E-state index contributed by atoms with van der Waals surface area (Å²) >= 11 is 11.7. The zero-order chi connectivity index (χ0) is 10.1. The minimum absolute atomic E-state index is 0.246. The van der Waals surface area contributed by atoms with Gasteiger partial charge in [-0.25, -0.2) is 9.97 Å². The third-order valence-electron chi connectivity index (χ3n) is 1.68. The van der Waals surface area contributed by atoms with E-state index in [9.17, 15) is 0 Å². The van der Waals surface area contributed by atoms with Gasteiger partial charge in [0.15, 0.2) is 5.82 Å². The molecule has 2 N–H and O–H groups in total. The molecule has 0 unspecified atom stereocenters. The summed E-state index contributed by atoms with van der Waals surface area (Å²) in [4.78, 5) is 8.04. The van der Waals surface area contributed by atoms with E-state index in [4.69, 9.17) is 28.4 Å². The number of nitrogens with zero attached hydrogens (tertiary/aromatic N) is 2. The Hall–Kier alpha value is -1.10. The molecule has 0 amide bonds. The average Bonchev–Trinajstić information content (AvgIpc) is 2.16. The molecule has 0 saturated heterocycles. The van der Waals surface area contributed by atoms with Crippen LogP contribution in [0.3, 0.4) is 0 Å². The van der Waals surface area contributed by atoms with E-state index in [1.165, 1.54) is 6.20 Å². The summed E-state index contributed by atoms with van der Waals surface area (Å²) in [7, 11) is 0. The third-order valence-corrected chi connectivity index (χ3v) is 2.19. The van der Waals surface area contributed by atoms with Gasteiger partial charge in [0, 0.05) is 5.02 Å². The number of rotatable bonds is 1. The van der Waals surface area contributed by atoms with Crippen molar-refractivity contribution in [2.24, 2.45) is 0 Å². The Balaban J connectivity index is 2.75. The molecule has 0 aliphatic heterocycles. The number of fused-ring (bicyclic) bond motifs is 1. The Kier molecular flexibility index (Phi) is 2.41. The standard InChI is InChI=1S/C8H5Cl2N3O/c9-4-1-5(10)8-6(2-4)12-7(13-14)3-11-8/h1-3,14H,(H,12,13). The Morgan fingerprint density at radius 3 is 2.79 bits per heavy atom. The van der Waals surface area contributed by atoms with Gasteiger partial charge in [-0.3, -0.25) is 10.7 Å². The van der Waals surface area contributed by atoms with Crippen LogP contribution in [-0.4, -0.2) is 15.2 Å². The van der Waals surface area contributed by atoms with Crippen LogP contribution in [0.15, 0.2) is 18.3 Å². The number of halogens is 2. The van der Waals surface area contributed by atoms with Gasteiger partial charge in [-0.15, -0.1) is 0 Å². The lowest BCUT2D eigenvalue weighted by atomic mass is 10.3. The van der Waals surface area contributed by atoms with Gasteiger partial charge in [0.05, 0.1) is 16.7 Å². The van der Waals surface area contributed by atoms with E-state index in [-0.39, 0.29) is 5.82 Å². The molecule has 1 aromatic heterocycles. The smallest absolute Gasteiger partial charge is 0.168 e. The van der Waals surface area contributed by atoms with Crippen LogP contribution in [0.4, 0.5) is 5.82 Å². The van der Waals surface area contributed by atoms with Crippen molar-refractivity contribution in [3.63, 3.8) is 0 Å². The number of aromatic nitrogens is 2. The quantitative estimate of drug-likeness (QED) is 0.739. The topological polar surface area (TPSA) is 58.0 Å². The lowest BCUT2D eigenvalue weighted by Crippen LogP contribution is -1.95. The van der Waals surface area contributed by atoms with E-state index in [1.54, 1.807) is 12.1 Å². The Morgan fingerprint density at radius 1 is 1.29 bits per heavy atom. The first-order valence-electron chi connectivity index (χ1n) is 3.72. The lowest BCUT2D eigenvalue weighted by molar-refractivity contribution is 0.386. The maximum atomic E-state index is 8.62. The fourth-order valence-corrected chi connectivity index (χ4v) is 1.64. The maximum Gasteiger partial charge on any atom is 0.168 e. The SMILES string of the molecule is ONc1cnc2c(Cl)cc(Cl)cc2n1. The third kappa shape index (κ3) is 1.59. The van der Waals surface area contributed by atoms with Gasteiger partial charge < -0.3 is 0 Å². The van der Waals surface area contributed by atoms with Crippen molar-refractivity contribution in [1.82, 2.24) is 9.97 Å². The van der Waals surface area contributed by atoms with Crippen LogP contribution in [0.1, 0.15) is 0 Å². The predicted molar refractivity (Wildman–Crippen MR) is 55.0 cm³/mol. The van der Waals surface area contributed by atoms with E-state index < -0.39 is 0 Å². The number of hydrogen-bond donors (Lipinski definition) is 2. The predicted octanol–water partition coefficient (Wildman–Crippen LogP) is 2.74. The summed E-state index contributed by atoms with van der Waals surface area (Å²) in [6.45, 7) is 0. The first-order chi connectivity index (χ1) is 6.70. The molecule has 0 radical (unpaired) electrons. The maximum absolute atomic E-state index is 8.62. The molecule has 0 saturated carbocycles. The van der Waals surface area contributed by atoms with Crippen molar-refractivity contribution in [2.75, 3.05) is 5.48 Å². The molecule has 72 valence electrons. The fraction of sp³-hybridized carbons (Fsp3) is 0. The van der Waals surface area contributed by atoms with Crippen molar-refractivity contribution >= 4 is 40.1 Å². The summed E-state index contributed by atoms with van der Waals surface area (Å²) in [5.41, 5.74) is 2.98. The van der Waals surface area contributed by atoms with Crippen LogP contribution in [0, 0.1) is 0 Å². The monoisotopic (exact) mass is 229 g/mol. The highest BCUT2D eigenvalue weighted by Gasteiger charge is 2.04. The molecule has 0 aliphatic carbocycles. The molecule has 0 atom stereocenters. The fourth-order valence-electron chi connectivity index (χ4n) is 1.10. The summed E-state index contributed by atoms with van der Waals surface area (Å²) < 4.78 is 0. The van der Waals surface area contributed by atoms with E-state index in [0.29, 0.717) is 21.1 Å². The molecule has 0 aliphatic rings. The second-order valence-corrected chi connectivity index (χ2v) is 3.47. The van der Waals surface area contributed by atoms with Gasteiger partial charge in [0.25, 0.3) is 0 Å². The number of nitrogens with one attached hydrogen (secondary N) is 1. The van der Waals surface area contributed by atoms with E-state index in [2.05, 4.69) is 9.97 Å². The van der Waals surface area contributed by atoms with Crippen LogP contribution in [0.25, 0.3) is 11.0 Å². The van der Waals surface area contributed by atoms with Crippen LogP contribution in [0.5, 0.6) is 0 Å².